The van der Waals surface area contributed by atoms with Crippen LogP contribution in [-0.4, -0.2) is 29.6 Å². The van der Waals surface area contributed by atoms with Crippen molar-refractivity contribution in [2.75, 3.05) is 19.0 Å². The second kappa shape index (κ2) is 8.28. The van der Waals surface area contributed by atoms with Crippen molar-refractivity contribution >= 4 is 22.6 Å². The molecular weight excluding hydrogens is 417 g/mol. The number of nitrogens with one attached hydrogen (secondary N) is 2. The normalized spacial score (nSPS) is 15.4. The van der Waals surface area contributed by atoms with Crippen LogP contribution in [0.15, 0.2) is 60.7 Å². The lowest BCUT2D eigenvalue weighted by molar-refractivity contribution is 0.193. The quantitative estimate of drug-likeness (QED) is 0.401. The van der Waals surface area contributed by atoms with Crippen LogP contribution in [0.2, 0.25) is 0 Å². The molecule has 0 radical (unpaired) electrons. The number of H-pyrrole nitrogens is 1. The van der Waals surface area contributed by atoms with Crippen LogP contribution < -0.4 is 10.1 Å². The molecule has 1 atom stereocenters. The Hall–Kier alpha value is -3.80. The number of rotatable bonds is 3. The van der Waals surface area contributed by atoms with Crippen LogP contribution >= 0.6 is 0 Å². The smallest absolute Gasteiger partial charge is 0.322 e. The number of ether oxygens (including phenoxy) is 1. The topological polar surface area (TPSA) is 57.4 Å². The second-order valence-electron chi connectivity index (χ2n) is 8.58. The molecule has 3 aromatic carbocycles. The minimum absolute atomic E-state index is 0.259. The van der Waals surface area contributed by atoms with Crippen molar-refractivity contribution in [2.45, 2.75) is 26.3 Å². The number of hydrogen-bond acceptors (Lipinski definition) is 2. The Kier molecular flexibility index (Phi) is 5.29. The minimum Gasteiger partial charge on any atom is -0.497 e. The molecule has 2 N–H and O–H groups in total. The zero-order valence-corrected chi connectivity index (χ0v) is 18.9. The number of carbonyl (C=O) groups excluding carboxylic acids is 1. The molecule has 1 aliphatic rings. The van der Waals surface area contributed by atoms with Crippen molar-refractivity contribution in [3.63, 3.8) is 0 Å². The molecule has 0 aliphatic carbocycles. The average molecular weight is 444 g/mol. The van der Waals surface area contributed by atoms with Crippen molar-refractivity contribution in [1.82, 2.24) is 9.88 Å². The zero-order chi connectivity index (χ0) is 23.1. The number of aryl methyl sites for hydroxylation is 2. The van der Waals surface area contributed by atoms with Crippen LogP contribution in [0.1, 0.15) is 34.0 Å². The highest BCUT2D eigenvalue weighted by Gasteiger charge is 2.34. The van der Waals surface area contributed by atoms with E-state index in [1.54, 1.807) is 26.2 Å². The van der Waals surface area contributed by atoms with E-state index < -0.39 is 0 Å². The number of urea groups is 1. The molecular formula is C27H26FN3O2. The standard InChI is InChI=1S/C27H26FN3O2/c1-16-4-7-18(8-5-16)26-25-21(22-15-20(33-3)10-11-24(22)30-25)12-13-31(26)27(32)29-19-9-6-17(2)23(28)14-19/h4-11,14-15,26,30H,12-13H2,1-3H3,(H,29,32). The van der Waals surface area contributed by atoms with Crippen molar-refractivity contribution in [3.8, 4) is 5.75 Å². The van der Waals surface area contributed by atoms with E-state index in [-0.39, 0.29) is 17.9 Å². The summed E-state index contributed by atoms with van der Waals surface area (Å²) in [5.74, 6) is 0.464. The van der Waals surface area contributed by atoms with Gasteiger partial charge in [0.1, 0.15) is 11.6 Å². The predicted molar refractivity (Wildman–Crippen MR) is 128 cm³/mol. The first-order valence-electron chi connectivity index (χ1n) is 11.0. The fourth-order valence-electron chi connectivity index (χ4n) is 4.57. The van der Waals surface area contributed by atoms with E-state index in [0.717, 1.165) is 33.5 Å². The molecule has 5 nitrogen and oxygen atoms in total. The van der Waals surface area contributed by atoms with Gasteiger partial charge >= 0.3 is 6.03 Å². The second-order valence-corrected chi connectivity index (χ2v) is 8.58. The van der Waals surface area contributed by atoms with Crippen molar-refractivity contribution < 1.29 is 13.9 Å². The van der Waals surface area contributed by atoms with Gasteiger partial charge in [-0.2, -0.15) is 0 Å². The largest absolute Gasteiger partial charge is 0.497 e. The number of aromatic amines is 1. The number of anilines is 1. The first kappa shape index (κ1) is 21.1. The highest BCUT2D eigenvalue weighted by atomic mass is 19.1. The summed E-state index contributed by atoms with van der Waals surface area (Å²) < 4.78 is 19.5. The lowest BCUT2D eigenvalue weighted by Gasteiger charge is -2.36. The third kappa shape index (κ3) is 3.82. The SMILES string of the molecule is COc1ccc2[nH]c3c(c2c1)CCN(C(=O)Nc1ccc(C)c(F)c1)C3c1ccc(C)cc1. The Bertz CT molecular complexity index is 1340. The van der Waals surface area contributed by atoms with E-state index >= 15 is 0 Å². The number of halogens is 1. The van der Waals surface area contributed by atoms with Gasteiger partial charge in [-0.15, -0.1) is 0 Å². The van der Waals surface area contributed by atoms with Crippen molar-refractivity contribution in [1.29, 1.82) is 0 Å². The Labute approximate surface area is 192 Å². The molecule has 5 rings (SSSR count). The third-order valence-corrected chi connectivity index (χ3v) is 6.41. The molecule has 0 saturated heterocycles. The van der Waals surface area contributed by atoms with Gasteiger partial charge in [-0.3, -0.25) is 0 Å². The van der Waals surface area contributed by atoms with Gasteiger partial charge in [0.05, 0.1) is 13.2 Å². The van der Waals surface area contributed by atoms with Crippen LogP contribution in [0.4, 0.5) is 14.9 Å². The molecule has 0 fully saturated rings. The molecule has 0 bridgehead atoms. The maximum Gasteiger partial charge on any atom is 0.322 e. The van der Waals surface area contributed by atoms with Crippen molar-refractivity contribution in [2.24, 2.45) is 0 Å². The van der Waals surface area contributed by atoms with Crippen LogP contribution in [0, 0.1) is 19.7 Å². The lowest BCUT2D eigenvalue weighted by Crippen LogP contribution is -2.43. The third-order valence-electron chi connectivity index (χ3n) is 6.41. The first-order valence-corrected chi connectivity index (χ1v) is 11.0. The fraction of sp³-hybridized carbons (Fsp3) is 0.222. The van der Waals surface area contributed by atoms with Gasteiger partial charge in [-0.05, 0) is 67.3 Å². The summed E-state index contributed by atoms with van der Waals surface area (Å²) >= 11 is 0. The highest BCUT2D eigenvalue weighted by molar-refractivity contribution is 5.92. The van der Waals surface area contributed by atoms with E-state index in [2.05, 4.69) is 34.6 Å². The van der Waals surface area contributed by atoms with Gasteiger partial charge in [0.15, 0.2) is 0 Å². The van der Waals surface area contributed by atoms with Gasteiger partial charge in [0.25, 0.3) is 0 Å². The Morgan fingerprint density at radius 3 is 2.61 bits per heavy atom. The molecule has 168 valence electrons. The molecule has 2 heterocycles. The van der Waals surface area contributed by atoms with E-state index in [0.29, 0.717) is 24.2 Å². The monoisotopic (exact) mass is 443 g/mol. The molecule has 6 heteroatoms. The number of benzene rings is 3. The number of aromatic nitrogens is 1. The fourth-order valence-corrected chi connectivity index (χ4v) is 4.57. The predicted octanol–water partition coefficient (Wildman–Crippen LogP) is 6.11. The van der Waals surface area contributed by atoms with Crippen LogP contribution in [0.3, 0.4) is 0 Å². The van der Waals surface area contributed by atoms with Gasteiger partial charge in [-0.25, -0.2) is 9.18 Å². The summed E-state index contributed by atoms with van der Waals surface area (Å²) in [6.45, 7) is 4.28. The summed E-state index contributed by atoms with van der Waals surface area (Å²) in [6.07, 6.45) is 0.709. The maximum atomic E-state index is 14.0. The molecule has 0 spiro atoms. The maximum absolute atomic E-state index is 14.0. The number of carbonyl (C=O) groups is 1. The minimum atomic E-state index is -0.339. The molecule has 0 saturated carbocycles. The summed E-state index contributed by atoms with van der Waals surface area (Å²) in [7, 11) is 1.66. The molecule has 1 aromatic heterocycles. The lowest BCUT2D eigenvalue weighted by atomic mass is 9.92. The number of amides is 2. The molecule has 33 heavy (non-hydrogen) atoms. The summed E-state index contributed by atoms with van der Waals surface area (Å²) in [5, 5.41) is 4.00. The van der Waals surface area contributed by atoms with Crippen LogP contribution in [0.25, 0.3) is 10.9 Å². The molecule has 1 unspecified atom stereocenters. The Balaban J connectivity index is 1.57. The summed E-state index contributed by atoms with van der Waals surface area (Å²) in [5.41, 5.74) is 6.37. The highest BCUT2D eigenvalue weighted by Crippen LogP contribution is 2.39. The van der Waals surface area contributed by atoms with E-state index in [4.69, 9.17) is 4.74 Å². The van der Waals surface area contributed by atoms with E-state index in [9.17, 15) is 9.18 Å². The Morgan fingerprint density at radius 1 is 1.09 bits per heavy atom. The van der Waals surface area contributed by atoms with Crippen LogP contribution in [-0.2, 0) is 6.42 Å². The first-order chi connectivity index (χ1) is 15.9. The summed E-state index contributed by atoms with van der Waals surface area (Å²) in [4.78, 5) is 18.8. The average Bonchev–Trinajstić information content (AvgIpc) is 3.19. The van der Waals surface area contributed by atoms with E-state index in [1.807, 2.05) is 30.0 Å². The molecule has 1 aliphatic heterocycles. The van der Waals surface area contributed by atoms with E-state index in [1.165, 1.54) is 11.6 Å². The number of hydrogen-bond donors (Lipinski definition) is 2. The van der Waals surface area contributed by atoms with Gasteiger partial charge < -0.3 is 19.9 Å². The molecule has 2 amide bonds. The van der Waals surface area contributed by atoms with Gasteiger partial charge in [0.2, 0.25) is 0 Å². The Morgan fingerprint density at radius 2 is 1.88 bits per heavy atom. The molecule has 4 aromatic rings. The number of fused-ring (bicyclic) bond motifs is 3. The number of nitrogens with zero attached hydrogens (tertiary/aromatic N) is 1. The van der Waals surface area contributed by atoms with Crippen LogP contribution in [0.5, 0.6) is 5.75 Å². The summed E-state index contributed by atoms with van der Waals surface area (Å²) in [6, 6.07) is 18.4. The van der Waals surface area contributed by atoms with Crippen molar-refractivity contribution in [3.05, 3.63) is 94.4 Å². The zero-order valence-electron chi connectivity index (χ0n) is 18.9. The van der Waals surface area contributed by atoms with Gasteiger partial charge in [-0.1, -0.05) is 35.9 Å². The van der Waals surface area contributed by atoms with Gasteiger partial charge in [0, 0.05) is 28.8 Å². The number of methoxy groups -OCH3 is 1.